The number of aromatic nitrogens is 4. The van der Waals surface area contributed by atoms with Crippen LogP contribution in [-0.2, 0) is 11.3 Å². The highest BCUT2D eigenvalue weighted by Crippen LogP contribution is 2.25. The highest BCUT2D eigenvalue weighted by atomic mass is 16.5. The monoisotopic (exact) mass is 394 g/mol. The van der Waals surface area contributed by atoms with Crippen LogP contribution in [0.2, 0.25) is 0 Å². The van der Waals surface area contributed by atoms with E-state index >= 15 is 0 Å². The molecule has 3 heterocycles. The van der Waals surface area contributed by atoms with Gasteiger partial charge in [-0.25, -0.2) is 15.0 Å². The molecule has 8 heteroatoms. The molecule has 1 amide bonds. The summed E-state index contributed by atoms with van der Waals surface area (Å²) in [5.74, 6) is 2.39. The van der Waals surface area contributed by atoms with E-state index in [1.165, 1.54) is 0 Å². The maximum absolute atomic E-state index is 11.9. The fourth-order valence-corrected chi connectivity index (χ4v) is 3.51. The molecule has 152 valence electrons. The topological polar surface area (TPSA) is 85.2 Å². The van der Waals surface area contributed by atoms with E-state index in [1.807, 2.05) is 33.7 Å². The van der Waals surface area contributed by atoms with Gasteiger partial charge in [0.25, 0.3) is 0 Å². The van der Waals surface area contributed by atoms with Gasteiger partial charge in [0.15, 0.2) is 17.3 Å². The second-order valence-corrected chi connectivity index (χ2v) is 7.15. The number of fused-ring (bicyclic) bond motifs is 1. The summed E-state index contributed by atoms with van der Waals surface area (Å²) in [5, 5.41) is 3.37. The lowest BCUT2D eigenvalue weighted by atomic mass is 10.2. The molecule has 29 heavy (non-hydrogen) atoms. The summed E-state index contributed by atoms with van der Waals surface area (Å²) in [6.07, 6.45) is 4.37. The number of rotatable bonds is 8. The van der Waals surface area contributed by atoms with Crippen molar-refractivity contribution in [2.75, 3.05) is 32.1 Å². The Hall–Kier alpha value is -3.16. The van der Waals surface area contributed by atoms with Crippen LogP contribution in [0, 0.1) is 0 Å². The molecule has 0 bridgehead atoms. The molecule has 0 radical (unpaired) electrons. The number of methoxy groups -OCH3 is 1. The van der Waals surface area contributed by atoms with Gasteiger partial charge in [-0.2, -0.15) is 0 Å². The summed E-state index contributed by atoms with van der Waals surface area (Å²) in [4.78, 5) is 27.9. The van der Waals surface area contributed by atoms with Gasteiger partial charge in [0.1, 0.15) is 11.3 Å². The molecular formula is C21H26N6O2. The lowest BCUT2D eigenvalue weighted by molar-refractivity contribution is -0.127. The van der Waals surface area contributed by atoms with Gasteiger partial charge in [0, 0.05) is 38.2 Å². The number of benzene rings is 1. The lowest BCUT2D eigenvalue weighted by Gasteiger charge is -2.16. The van der Waals surface area contributed by atoms with Crippen LogP contribution >= 0.6 is 0 Å². The Kier molecular flexibility index (Phi) is 5.59. The van der Waals surface area contributed by atoms with E-state index < -0.39 is 0 Å². The molecule has 1 fully saturated rings. The molecule has 1 saturated heterocycles. The zero-order chi connectivity index (χ0) is 20.2. The number of likely N-dealkylation sites (tertiary alicyclic amines) is 1. The third-order valence-electron chi connectivity index (χ3n) is 5.14. The number of carbonyl (C=O) groups is 1. The quantitative estimate of drug-likeness (QED) is 0.632. The fourth-order valence-electron chi connectivity index (χ4n) is 3.51. The Morgan fingerprint density at radius 2 is 2.00 bits per heavy atom. The predicted molar refractivity (Wildman–Crippen MR) is 112 cm³/mol. The molecule has 0 atom stereocenters. The van der Waals surface area contributed by atoms with Gasteiger partial charge in [-0.3, -0.25) is 4.79 Å². The van der Waals surface area contributed by atoms with E-state index in [0.717, 1.165) is 54.2 Å². The van der Waals surface area contributed by atoms with Gasteiger partial charge >= 0.3 is 0 Å². The molecule has 1 aromatic carbocycles. The zero-order valence-electron chi connectivity index (χ0n) is 16.9. The number of anilines is 1. The van der Waals surface area contributed by atoms with Gasteiger partial charge < -0.3 is 19.5 Å². The Bertz CT molecular complexity index is 998. The summed E-state index contributed by atoms with van der Waals surface area (Å²) >= 11 is 0. The van der Waals surface area contributed by atoms with E-state index in [1.54, 1.807) is 13.4 Å². The van der Waals surface area contributed by atoms with Gasteiger partial charge in [0.05, 0.1) is 13.4 Å². The molecule has 1 N–H and O–H groups in total. The van der Waals surface area contributed by atoms with Crippen molar-refractivity contribution in [2.45, 2.75) is 32.7 Å². The highest BCUT2D eigenvalue weighted by Gasteiger charge is 2.20. The minimum atomic E-state index is 0.230. The van der Waals surface area contributed by atoms with Crippen molar-refractivity contribution in [3.05, 3.63) is 30.6 Å². The molecule has 0 unspecified atom stereocenters. The van der Waals surface area contributed by atoms with Gasteiger partial charge in [0.2, 0.25) is 5.91 Å². The fraction of sp³-hybridized carbons (Fsp3) is 0.429. The molecule has 0 aliphatic carbocycles. The van der Waals surface area contributed by atoms with E-state index in [-0.39, 0.29) is 5.91 Å². The van der Waals surface area contributed by atoms with Crippen LogP contribution < -0.4 is 10.1 Å². The smallest absolute Gasteiger partial charge is 0.222 e. The second kappa shape index (κ2) is 8.46. The van der Waals surface area contributed by atoms with Crippen LogP contribution in [0.15, 0.2) is 30.6 Å². The van der Waals surface area contributed by atoms with Crippen molar-refractivity contribution in [2.24, 2.45) is 0 Å². The third kappa shape index (κ3) is 4.01. The molecule has 0 saturated carbocycles. The van der Waals surface area contributed by atoms with Crippen LogP contribution in [0.5, 0.6) is 5.75 Å². The molecule has 8 nitrogen and oxygen atoms in total. The van der Waals surface area contributed by atoms with Crippen LogP contribution in [0.4, 0.5) is 5.82 Å². The van der Waals surface area contributed by atoms with Crippen molar-refractivity contribution >= 4 is 22.9 Å². The standard InChI is InChI=1S/C21H26N6O2/c1-3-10-22-20-18-21(25-19(24-20)15-6-8-16(29-2)9-7-15)27(14-23-18)13-12-26-11-4-5-17(26)28/h6-9,14H,3-5,10-13H2,1-2H3,(H,22,24,25). The summed E-state index contributed by atoms with van der Waals surface area (Å²) in [6, 6.07) is 7.71. The Morgan fingerprint density at radius 1 is 1.17 bits per heavy atom. The number of hydrogen-bond donors (Lipinski definition) is 1. The number of carbonyl (C=O) groups excluding carboxylic acids is 1. The van der Waals surface area contributed by atoms with E-state index in [0.29, 0.717) is 25.3 Å². The molecule has 0 spiro atoms. The number of amides is 1. The predicted octanol–water partition coefficient (Wildman–Crippen LogP) is 2.95. The first-order valence-corrected chi connectivity index (χ1v) is 10.1. The average molecular weight is 394 g/mol. The van der Waals surface area contributed by atoms with Gasteiger partial charge in [-0.05, 0) is 37.1 Å². The minimum Gasteiger partial charge on any atom is -0.497 e. The number of hydrogen-bond acceptors (Lipinski definition) is 6. The number of ether oxygens (including phenoxy) is 1. The molecule has 1 aliphatic rings. The van der Waals surface area contributed by atoms with E-state index in [9.17, 15) is 4.79 Å². The zero-order valence-corrected chi connectivity index (χ0v) is 16.9. The van der Waals surface area contributed by atoms with Crippen molar-refractivity contribution in [1.29, 1.82) is 0 Å². The van der Waals surface area contributed by atoms with E-state index in [2.05, 4.69) is 17.2 Å². The Balaban J connectivity index is 1.68. The minimum absolute atomic E-state index is 0.230. The molecule has 2 aromatic heterocycles. The Labute approximate surface area is 169 Å². The normalized spacial score (nSPS) is 14.0. The van der Waals surface area contributed by atoms with Crippen LogP contribution in [0.3, 0.4) is 0 Å². The molecule has 1 aliphatic heterocycles. The Morgan fingerprint density at radius 3 is 2.69 bits per heavy atom. The van der Waals surface area contributed by atoms with Gasteiger partial charge in [-0.1, -0.05) is 6.92 Å². The van der Waals surface area contributed by atoms with Crippen molar-refractivity contribution in [1.82, 2.24) is 24.4 Å². The van der Waals surface area contributed by atoms with Gasteiger partial charge in [-0.15, -0.1) is 0 Å². The molecule has 4 rings (SSSR count). The summed E-state index contributed by atoms with van der Waals surface area (Å²) in [6.45, 7) is 5.09. The maximum atomic E-state index is 11.9. The highest BCUT2D eigenvalue weighted by molar-refractivity contribution is 5.85. The first-order valence-electron chi connectivity index (χ1n) is 10.1. The third-order valence-corrected chi connectivity index (χ3v) is 5.14. The summed E-state index contributed by atoms with van der Waals surface area (Å²) in [5.41, 5.74) is 2.44. The first-order chi connectivity index (χ1) is 14.2. The van der Waals surface area contributed by atoms with Crippen molar-refractivity contribution in [3.63, 3.8) is 0 Å². The number of imidazole rings is 1. The van der Waals surface area contributed by atoms with Crippen molar-refractivity contribution in [3.8, 4) is 17.1 Å². The maximum Gasteiger partial charge on any atom is 0.222 e. The summed E-state index contributed by atoms with van der Waals surface area (Å²) < 4.78 is 7.26. The number of nitrogens with one attached hydrogen (secondary N) is 1. The lowest BCUT2D eigenvalue weighted by Crippen LogP contribution is -2.28. The summed E-state index contributed by atoms with van der Waals surface area (Å²) in [7, 11) is 1.65. The molecule has 3 aromatic rings. The average Bonchev–Trinajstić information content (AvgIpc) is 3.36. The largest absolute Gasteiger partial charge is 0.497 e. The van der Waals surface area contributed by atoms with Crippen molar-refractivity contribution < 1.29 is 9.53 Å². The second-order valence-electron chi connectivity index (χ2n) is 7.15. The number of nitrogens with zero attached hydrogens (tertiary/aromatic N) is 5. The van der Waals surface area contributed by atoms with Crippen LogP contribution in [0.1, 0.15) is 26.2 Å². The first kappa shape index (κ1) is 19.2. The van der Waals surface area contributed by atoms with E-state index in [4.69, 9.17) is 14.7 Å². The SMILES string of the molecule is CCCNc1nc(-c2ccc(OC)cc2)nc2c1ncn2CCN1CCCC1=O. The van der Waals surface area contributed by atoms with Crippen LogP contribution in [-0.4, -0.2) is 57.1 Å². The molecular weight excluding hydrogens is 368 g/mol. The van der Waals surface area contributed by atoms with Crippen LogP contribution in [0.25, 0.3) is 22.6 Å².